The van der Waals surface area contributed by atoms with Crippen LogP contribution in [0.1, 0.15) is 6.92 Å². The van der Waals surface area contributed by atoms with Gasteiger partial charge in [-0.25, -0.2) is 0 Å². The fourth-order valence-corrected chi connectivity index (χ4v) is 1.88. The fraction of sp³-hybridized carbons (Fsp3) is 0.0909. The van der Waals surface area contributed by atoms with Gasteiger partial charge >= 0.3 is 0 Å². The zero-order chi connectivity index (χ0) is 10.8. The molecule has 0 spiro atoms. The highest BCUT2D eigenvalue weighted by molar-refractivity contribution is 9.10. The lowest BCUT2D eigenvalue weighted by Crippen LogP contribution is -2.06. The summed E-state index contributed by atoms with van der Waals surface area (Å²) in [5.41, 5.74) is 1.64. The van der Waals surface area contributed by atoms with Crippen molar-refractivity contribution in [1.82, 2.24) is 4.98 Å². The number of hydrogen-bond donors (Lipinski definition) is 1. The van der Waals surface area contributed by atoms with E-state index in [0.717, 1.165) is 21.1 Å². The van der Waals surface area contributed by atoms with Crippen LogP contribution in [0.25, 0.3) is 10.9 Å². The van der Waals surface area contributed by atoms with E-state index in [1.165, 1.54) is 6.92 Å². The van der Waals surface area contributed by atoms with Gasteiger partial charge in [-0.2, -0.15) is 0 Å². The quantitative estimate of drug-likeness (QED) is 0.861. The van der Waals surface area contributed by atoms with Gasteiger partial charge in [0.15, 0.2) is 0 Å². The van der Waals surface area contributed by atoms with E-state index >= 15 is 0 Å². The van der Waals surface area contributed by atoms with Gasteiger partial charge in [-0.05, 0) is 40.2 Å². The fourth-order valence-electron chi connectivity index (χ4n) is 1.44. The first-order valence-electron chi connectivity index (χ1n) is 4.49. The smallest absolute Gasteiger partial charge is 0.221 e. The zero-order valence-electron chi connectivity index (χ0n) is 8.12. The summed E-state index contributed by atoms with van der Waals surface area (Å²) in [5.74, 6) is -0.0810. The van der Waals surface area contributed by atoms with E-state index in [1.807, 2.05) is 24.3 Å². The summed E-state index contributed by atoms with van der Waals surface area (Å²) in [6, 6.07) is 7.51. The largest absolute Gasteiger partial charge is 0.326 e. The van der Waals surface area contributed by atoms with Crippen LogP contribution in [-0.2, 0) is 4.79 Å². The van der Waals surface area contributed by atoms with E-state index < -0.39 is 0 Å². The van der Waals surface area contributed by atoms with E-state index in [-0.39, 0.29) is 5.91 Å². The molecule has 0 aliphatic carbocycles. The number of rotatable bonds is 1. The van der Waals surface area contributed by atoms with E-state index in [1.54, 1.807) is 6.20 Å². The summed E-state index contributed by atoms with van der Waals surface area (Å²) in [6.07, 6.45) is 1.73. The van der Waals surface area contributed by atoms with Crippen LogP contribution in [0.5, 0.6) is 0 Å². The maximum atomic E-state index is 11.0. The minimum Gasteiger partial charge on any atom is -0.326 e. The topological polar surface area (TPSA) is 42.0 Å². The first-order chi connectivity index (χ1) is 7.18. The predicted octanol–water partition coefficient (Wildman–Crippen LogP) is 2.96. The average Bonchev–Trinajstić information content (AvgIpc) is 2.22. The number of aromatic nitrogens is 1. The molecule has 0 bridgehead atoms. The third-order valence-corrected chi connectivity index (χ3v) is 2.67. The molecule has 1 aromatic heterocycles. The van der Waals surface area contributed by atoms with Crippen LogP contribution in [0.15, 0.2) is 34.9 Å². The van der Waals surface area contributed by atoms with Gasteiger partial charge in [0.25, 0.3) is 0 Å². The lowest BCUT2D eigenvalue weighted by molar-refractivity contribution is -0.114. The summed E-state index contributed by atoms with van der Waals surface area (Å²) >= 11 is 3.42. The Morgan fingerprint density at radius 1 is 1.40 bits per heavy atom. The number of hydrogen-bond acceptors (Lipinski definition) is 2. The Morgan fingerprint density at radius 2 is 2.20 bits per heavy atom. The summed E-state index contributed by atoms with van der Waals surface area (Å²) in [5, 5.41) is 3.71. The average molecular weight is 265 g/mol. The molecule has 2 rings (SSSR count). The Bertz CT molecular complexity index is 525. The van der Waals surface area contributed by atoms with E-state index in [2.05, 4.69) is 26.2 Å². The molecule has 1 aromatic carbocycles. The standard InChI is InChI=1S/C11H9BrN2O/c1-7(15)14-10-5-4-9(12)11-8(10)3-2-6-13-11/h2-6H,1H3,(H,14,15). The van der Waals surface area contributed by atoms with Gasteiger partial charge in [0.1, 0.15) is 0 Å². The number of nitrogens with zero attached hydrogens (tertiary/aromatic N) is 1. The number of benzene rings is 1. The van der Waals surface area contributed by atoms with Crippen molar-refractivity contribution in [3.05, 3.63) is 34.9 Å². The molecule has 0 fully saturated rings. The molecule has 1 amide bonds. The van der Waals surface area contributed by atoms with Crippen molar-refractivity contribution in [2.75, 3.05) is 5.32 Å². The number of carbonyl (C=O) groups excluding carboxylic acids is 1. The summed E-state index contributed by atoms with van der Waals surface area (Å²) in [6.45, 7) is 1.49. The first-order valence-corrected chi connectivity index (χ1v) is 5.28. The number of amides is 1. The lowest BCUT2D eigenvalue weighted by Gasteiger charge is -2.07. The van der Waals surface area contributed by atoms with Gasteiger partial charge in [-0.3, -0.25) is 9.78 Å². The molecule has 76 valence electrons. The monoisotopic (exact) mass is 264 g/mol. The Kier molecular flexibility index (Phi) is 2.68. The van der Waals surface area contributed by atoms with Crippen molar-refractivity contribution in [3.8, 4) is 0 Å². The van der Waals surface area contributed by atoms with Crippen LogP contribution in [0.3, 0.4) is 0 Å². The SMILES string of the molecule is CC(=O)Nc1ccc(Br)c2ncccc12. The highest BCUT2D eigenvalue weighted by atomic mass is 79.9. The van der Waals surface area contributed by atoms with Crippen LogP contribution in [-0.4, -0.2) is 10.9 Å². The van der Waals surface area contributed by atoms with Crippen LogP contribution >= 0.6 is 15.9 Å². The molecule has 0 atom stereocenters. The Morgan fingerprint density at radius 3 is 2.93 bits per heavy atom. The Hall–Kier alpha value is -1.42. The van der Waals surface area contributed by atoms with Gasteiger partial charge in [0.2, 0.25) is 5.91 Å². The van der Waals surface area contributed by atoms with Crippen molar-refractivity contribution in [1.29, 1.82) is 0 Å². The molecule has 0 saturated heterocycles. The Labute approximate surface area is 95.6 Å². The highest BCUT2D eigenvalue weighted by Gasteiger charge is 2.05. The van der Waals surface area contributed by atoms with Crippen molar-refractivity contribution < 1.29 is 4.79 Å². The zero-order valence-corrected chi connectivity index (χ0v) is 9.71. The van der Waals surface area contributed by atoms with Crippen LogP contribution in [0.2, 0.25) is 0 Å². The first kappa shape index (κ1) is 10.1. The third-order valence-electron chi connectivity index (χ3n) is 2.03. The number of fused-ring (bicyclic) bond motifs is 1. The molecule has 0 saturated carbocycles. The van der Waals surface area contributed by atoms with Gasteiger partial charge in [0, 0.05) is 23.0 Å². The summed E-state index contributed by atoms with van der Waals surface area (Å²) in [4.78, 5) is 15.2. The molecule has 4 heteroatoms. The molecule has 3 nitrogen and oxygen atoms in total. The molecule has 0 unspecified atom stereocenters. The minimum atomic E-state index is -0.0810. The number of carbonyl (C=O) groups is 1. The second-order valence-corrected chi connectivity index (χ2v) is 4.03. The number of pyridine rings is 1. The number of nitrogens with one attached hydrogen (secondary N) is 1. The predicted molar refractivity (Wildman–Crippen MR) is 63.7 cm³/mol. The summed E-state index contributed by atoms with van der Waals surface area (Å²) in [7, 11) is 0. The van der Waals surface area contributed by atoms with E-state index in [0.29, 0.717) is 0 Å². The van der Waals surface area contributed by atoms with Crippen LogP contribution in [0.4, 0.5) is 5.69 Å². The molecule has 1 heterocycles. The number of halogens is 1. The van der Waals surface area contributed by atoms with Crippen LogP contribution < -0.4 is 5.32 Å². The molecule has 0 radical (unpaired) electrons. The molecular formula is C11H9BrN2O. The van der Waals surface area contributed by atoms with Gasteiger partial charge in [0.05, 0.1) is 11.2 Å². The molecule has 0 aliphatic rings. The highest BCUT2D eigenvalue weighted by Crippen LogP contribution is 2.28. The van der Waals surface area contributed by atoms with Crippen molar-refractivity contribution in [2.45, 2.75) is 6.92 Å². The maximum Gasteiger partial charge on any atom is 0.221 e. The van der Waals surface area contributed by atoms with Crippen LogP contribution in [0, 0.1) is 0 Å². The van der Waals surface area contributed by atoms with E-state index in [9.17, 15) is 4.79 Å². The molecule has 2 aromatic rings. The summed E-state index contributed by atoms with van der Waals surface area (Å²) < 4.78 is 0.923. The third kappa shape index (κ3) is 1.99. The number of anilines is 1. The molecule has 1 N–H and O–H groups in total. The minimum absolute atomic E-state index is 0.0810. The van der Waals surface area contributed by atoms with Gasteiger partial charge in [-0.15, -0.1) is 0 Å². The second kappa shape index (κ2) is 3.98. The van der Waals surface area contributed by atoms with Crippen molar-refractivity contribution >= 4 is 38.4 Å². The van der Waals surface area contributed by atoms with E-state index in [4.69, 9.17) is 0 Å². The normalized spacial score (nSPS) is 10.3. The maximum absolute atomic E-state index is 11.0. The molecule has 0 aliphatic heterocycles. The van der Waals surface area contributed by atoms with Crippen molar-refractivity contribution in [2.24, 2.45) is 0 Å². The van der Waals surface area contributed by atoms with Gasteiger partial charge < -0.3 is 5.32 Å². The molecular weight excluding hydrogens is 256 g/mol. The Balaban J connectivity index is 2.66. The molecule has 15 heavy (non-hydrogen) atoms. The van der Waals surface area contributed by atoms with Gasteiger partial charge in [-0.1, -0.05) is 0 Å². The lowest BCUT2D eigenvalue weighted by atomic mass is 10.2. The second-order valence-electron chi connectivity index (χ2n) is 3.18. The van der Waals surface area contributed by atoms with Crippen molar-refractivity contribution in [3.63, 3.8) is 0 Å².